The molecule has 1 unspecified atom stereocenters. The van der Waals surface area contributed by atoms with E-state index in [0.29, 0.717) is 6.42 Å². The lowest BCUT2D eigenvalue weighted by Gasteiger charge is -2.22. The van der Waals surface area contributed by atoms with Gasteiger partial charge in [0.2, 0.25) is 5.91 Å². The van der Waals surface area contributed by atoms with Crippen LogP contribution < -0.4 is 11.1 Å². The summed E-state index contributed by atoms with van der Waals surface area (Å²) in [6.07, 6.45) is 0.0710. The van der Waals surface area contributed by atoms with Gasteiger partial charge in [0.15, 0.2) is 0 Å². The number of aliphatic carboxylic acids is 1. The molecule has 0 aliphatic heterocycles. The highest BCUT2D eigenvalue weighted by molar-refractivity contribution is 5.81. The van der Waals surface area contributed by atoms with Crippen LogP contribution in [0.3, 0.4) is 0 Å². The van der Waals surface area contributed by atoms with Gasteiger partial charge in [-0.15, -0.1) is 0 Å². The molecule has 0 rings (SSSR count). The quantitative estimate of drug-likeness (QED) is 0.460. The summed E-state index contributed by atoms with van der Waals surface area (Å²) in [5, 5.41) is 20.4. The lowest BCUT2D eigenvalue weighted by Crippen LogP contribution is -2.47. The Morgan fingerprint density at radius 2 is 2.07 bits per heavy atom. The van der Waals surface area contributed by atoms with Crippen LogP contribution >= 0.6 is 0 Å². The molecule has 0 saturated carbocycles. The van der Waals surface area contributed by atoms with Gasteiger partial charge in [0.05, 0.1) is 18.1 Å². The molecule has 0 bridgehead atoms. The molecule has 0 radical (unpaired) electrons. The summed E-state index contributed by atoms with van der Waals surface area (Å²) in [5.74, 6) is -1.50. The second-order valence-corrected chi connectivity index (χ2v) is 3.80. The number of hydrogen-bond donors (Lipinski definition) is 4. The minimum atomic E-state index is -1.45. The van der Waals surface area contributed by atoms with Crippen molar-refractivity contribution in [3.63, 3.8) is 0 Å². The summed E-state index contributed by atoms with van der Waals surface area (Å²) in [5.41, 5.74) is 3.99. The molecular formula is C9H18N2O4. The van der Waals surface area contributed by atoms with Crippen molar-refractivity contribution in [3.05, 3.63) is 0 Å². The van der Waals surface area contributed by atoms with Gasteiger partial charge in [-0.05, 0) is 13.3 Å². The average Bonchev–Trinajstić information content (AvgIpc) is 2.11. The Balaban J connectivity index is 4.03. The highest BCUT2D eigenvalue weighted by Crippen LogP contribution is 2.07. The highest BCUT2D eigenvalue weighted by atomic mass is 16.4. The van der Waals surface area contributed by atoms with E-state index in [2.05, 4.69) is 5.32 Å². The number of aliphatic hydroxyl groups is 1. The number of carboxylic acids is 1. The Bertz CT molecular complexity index is 240. The van der Waals surface area contributed by atoms with E-state index in [1.807, 2.05) is 0 Å². The lowest BCUT2D eigenvalue weighted by molar-refractivity contribution is -0.142. The molecule has 6 heteroatoms. The molecule has 88 valence electrons. The lowest BCUT2D eigenvalue weighted by atomic mass is 10.0. The smallest absolute Gasteiger partial charge is 0.306 e. The Labute approximate surface area is 88.5 Å². The molecule has 0 heterocycles. The van der Waals surface area contributed by atoms with Crippen molar-refractivity contribution in [2.45, 2.75) is 38.3 Å². The largest absolute Gasteiger partial charge is 0.481 e. The summed E-state index contributed by atoms with van der Waals surface area (Å²) in [6.45, 7) is 2.99. The van der Waals surface area contributed by atoms with Crippen LogP contribution in [0.5, 0.6) is 0 Å². The van der Waals surface area contributed by atoms with Crippen molar-refractivity contribution in [2.75, 3.05) is 6.54 Å². The Morgan fingerprint density at radius 3 is 2.47 bits per heavy atom. The number of nitrogens with one attached hydrogen (secondary N) is 1. The molecule has 0 aromatic rings. The van der Waals surface area contributed by atoms with Gasteiger partial charge in [0.25, 0.3) is 0 Å². The minimum Gasteiger partial charge on any atom is -0.481 e. The van der Waals surface area contributed by atoms with E-state index < -0.39 is 24.0 Å². The third kappa shape index (κ3) is 6.03. The van der Waals surface area contributed by atoms with Crippen molar-refractivity contribution in [1.29, 1.82) is 0 Å². The first-order valence-electron chi connectivity index (χ1n) is 4.76. The minimum absolute atomic E-state index is 0.119. The molecule has 15 heavy (non-hydrogen) atoms. The van der Waals surface area contributed by atoms with Crippen molar-refractivity contribution in [3.8, 4) is 0 Å². The standard InChI is InChI=1S/C9H18N2O4/c1-3-6(10)8(14)11-5-9(2,15)4-7(12)13/h6,15H,3-5,10H2,1-2H3,(H,11,14)(H,12,13)/t6-,9?/m1/s1. The van der Waals surface area contributed by atoms with Crippen molar-refractivity contribution < 1.29 is 19.8 Å². The van der Waals surface area contributed by atoms with E-state index in [4.69, 9.17) is 10.8 Å². The summed E-state index contributed by atoms with van der Waals surface area (Å²) in [4.78, 5) is 21.6. The summed E-state index contributed by atoms with van der Waals surface area (Å²) >= 11 is 0. The number of carbonyl (C=O) groups is 2. The SMILES string of the molecule is CC[C@@H](N)C(=O)NCC(C)(O)CC(=O)O. The van der Waals surface area contributed by atoms with E-state index in [9.17, 15) is 14.7 Å². The van der Waals surface area contributed by atoms with E-state index in [0.717, 1.165) is 0 Å². The van der Waals surface area contributed by atoms with Gasteiger partial charge in [0, 0.05) is 6.54 Å². The molecule has 6 nitrogen and oxygen atoms in total. The maximum atomic E-state index is 11.2. The molecule has 0 aromatic carbocycles. The fourth-order valence-corrected chi connectivity index (χ4v) is 0.982. The van der Waals surface area contributed by atoms with Crippen LogP contribution in [-0.4, -0.2) is 40.3 Å². The average molecular weight is 218 g/mol. The van der Waals surface area contributed by atoms with Gasteiger partial charge in [-0.25, -0.2) is 0 Å². The van der Waals surface area contributed by atoms with Crippen LogP contribution in [0.15, 0.2) is 0 Å². The van der Waals surface area contributed by atoms with Crippen molar-refractivity contribution >= 4 is 11.9 Å². The number of amides is 1. The van der Waals surface area contributed by atoms with Crippen LogP contribution in [0.1, 0.15) is 26.7 Å². The van der Waals surface area contributed by atoms with E-state index in [-0.39, 0.29) is 12.5 Å². The molecule has 0 aliphatic carbocycles. The molecule has 5 N–H and O–H groups in total. The van der Waals surface area contributed by atoms with Crippen LogP contribution in [0.2, 0.25) is 0 Å². The van der Waals surface area contributed by atoms with Gasteiger partial charge < -0.3 is 21.3 Å². The number of nitrogens with two attached hydrogens (primary N) is 1. The van der Waals surface area contributed by atoms with Gasteiger partial charge >= 0.3 is 5.97 Å². The van der Waals surface area contributed by atoms with Crippen LogP contribution in [0.25, 0.3) is 0 Å². The monoisotopic (exact) mass is 218 g/mol. The molecule has 2 atom stereocenters. The molecule has 0 aromatic heterocycles. The Hall–Kier alpha value is -1.14. The summed E-state index contributed by atoms with van der Waals surface area (Å²) in [7, 11) is 0. The zero-order valence-corrected chi connectivity index (χ0v) is 8.99. The topological polar surface area (TPSA) is 113 Å². The van der Waals surface area contributed by atoms with Crippen LogP contribution in [0.4, 0.5) is 0 Å². The predicted molar refractivity (Wildman–Crippen MR) is 54.2 cm³/mol. The summed E-state index contributed by atoms with van der Waals surface area (Å²) in [6, 6.07) is -0.620. The van der Waals surface area contributed by atoms with Crippen LogP contribution in [-0.2, 0) is 9.59 Å². The maximum Gasteiger partial charge on any atom is 0.306 e. The number of hydrogen-bond acceptors (Lipinski definition) is 4. The Kier molecular flexibility index (Phi) is 5.24. The van der Waals surface area contributed by atoms with E-state index in [1.54, 1.807) is 6.92 Å². The summed E-state index contributed by atoms with van der Waals surface area (Å²) < 4.78 is 0. The molecule has 0 spiro atoms. The third-order valence-corrected chi connectivity index (χ3v) is 1.95. The second-order valence-electron chi connectivity index (χ2n) is 3.80. The van der Waals surface area contributed by atoms with Crippen LogP contribution in [0, 0.1) is 0 Å². The first-order valence-corrected chi connectivity index (χ1v) is 4.76. The van der Waals surface area contributed by atoms with Gasteiger partial charge in [-0.1, -0.05) is 6.92 Å². The van der Waals surface area contributed by atoms with Gasteiger partial charge in [0.1, 0.15) is 0 Å². The first-order chi connectivity index (χ1) is 6.78. The fourth-order valence-electron chi connectivity index (χ4n) is 0.982. The highest BCUT2D eigenvalue weighted by Gasteiger charge is 2.25. The van der Waals surface area contributed by atoms with Gasteiger partial charge in [-0.2, -0.15) is 0 Å². The molecular weight excluding hydrogens is 200 g/mol. The molecule has 0 saturated heterocycles. The molecule has 0 aliphatic rings. The predicted octanol–water partition coefficient (Wildman–Crippen LogP) is -0.934. The molecule has 0 fully saturated rings. The number of carbonyl (C=O) groups excluding carboxylic acids is 1. The number of carboxylic acid groups (broad SMARTS) is 1. The van der Waals surface area contributed by atoms with E-state index >= 15 is 0 Å². The second kappa shape index (κ2) is 5.67. The first kappa shape index (κ1) is 13.9. The van der Waals surface area contributed by atoms with Gasteiger partial charge in [-0.3, -0.25) is 9.59 Å². The normalized spacial score (nSPS) is 16.5. The zero-order valence-electron chi connectivity index (χ0n) is 8.99. The number of rotatable bonds is 6. The van der Waals surface area contributed by atoms with Crippen molar-refractivity contribution in [2.24, 2.45) is 5.73 Å². The maximum absolute atomic E-state index is 11.2. The zero-order chi connectivity index (χ0) is 12.1. The third-order valence-electron chi connectivity index (χ3n) is 1.95. The molecule has 1 amide bonds. The Morgan fingerprint density at radius 1 is 1.53 bits per heavy atom. The van der Waals surface area contributed by atoms with E-state index in [1.165, 1.54) is 6.92 Å². The fraction of sp³-hybridized carbons (Fsp3) is 0.778. The van der Waals surface area contributed by atoms with Crippen molar-refractivity contribution in [1.82, 2.24) is 5.32 Å².